The molecule has 0 saturated heterocycles. The van der Waals surface area contributed by atoms with E-state index in [-0.39, 0.29) is 5.38 Å². The van der Waals surface area contributed by atoms with Gasteiger partial charge in [0.05, 0.1) is 19.6 Å². The molecule has 2 nitrogen and oxygen atoms in total. The van der Waals surface area contributed by atoms with Crippen LogP contribution >= 0.6 is 11.6 Å². The van der Waals surface area contributed by atoms with Crippen LogP contribution in [0.5, 0.6) is 11.5 Å². The van der Waals surface area contributed by atoms with E-state index in [1.807, 2.05) is 24.3 Å². The van der Waals surface area contributed by atoms with E-state index in [0.717, 1.165) is 11.1 Å². The lowest BCUT2D eigenvalue weighted by Gasteiger charge is -2.17. The Morgan fingerprint density at radius 1 is 0.900 bits per heavy atom. The Labute approximate surface area is 125 Å². The number of aryl methyl sites for hydroxylation is 2. The molecule has 0 N–H and O–H groups in total. The SMILES string of the molecule is COc1ccc(C(Cl)c2c(C)cccc2C)cc1OC. The van der Waals surface area contributed by atoms with E-state index in [1.54, 1.807) is 14.2 Å². The minimum absolute atomic E-state index is 0.198. The molecule has 1 unspecified atom stereocenters. The first-order valence-electron chi connectivity index (χ1n) is 6.50. The predicted octanol–water partition coefficient (Wildman–Crippen LogP) is 4.65. The van der Waals surface area contributed by atoms with Crippen molar-refractivity contribution in [2.45, 2.75) is 19.2 Å². The van der Waals surface area contributed by atoms with Crippen LogP contribution in [0.2, 0.25) is 0 Å². The van der Waals surface area contributed by atoms with E-state index < -0.39 is 0 Å². The molecule has 0 saturated carbocycles. The van der Waals surface area contributed by atoms with E-state index in [0.29, 0.717) is 11.5 Å². The van der Waals surface area contributed by atoms with Crippen LogP contribution in [-0.2, 0) is 0 Å². The van der Waals surface area contributed by atoms with Crippen LogP contribution in [0.3, 0.4) is 0 Å². The molecule has 1 atom stereocenters. The Kier molecular flexibility index (Phi) is 4.56. The van der Waals surface area contributed by atoms with E-state index in [9.17, 15) is 0 Å². The van der Waals surface area contributed by atoms with Gasteiger partial charge < -0.3 is 9.47 Å². The van der Waals surface area contributed by atoms with Crippen LogP contribution in [0.15, 0.2) is 36.4 Å². The zero-order chi connectivity index (χ0) is 14.7. The van der Waals surface area contributed by atoms with Gasteiger partial charge >= 0.3 is 0 Å². The molecule has 0 heterocycles. The molecule has 0 radical (unpaired) electrons. The average Bonchev–Trinajstić information content (AvgIpc) is 2.46. The normalized spacial score (nSPS) is 12.1. The molecule has 0 amide bonds. The van der Waals surface area contributed by atoms with Crippen molar-refractivity contribution in [1.82, 2.24) is 0 Å². The van der Waals surface area contributed by atoms with Crippen molar-refractivity contribution in [2.24, 2.45) is 0 Å². The molecule has 0 aliphatic rings. The van der Waals surface area contributed by atoms with Gasteiger partial charge in [-0.15, -0.1) is 11.6 Å². The van der Waals surface area contributed by atoms with Gasteiger partial charge in [0, 0.05) is 0 Å². The molecule has 2 aromatic carbocycles. The molecule has 0 bridgehead atoms. The molecule has 3 heteroatoms. The Hall–Kier alpha value is -1.67. The molecule has 0 spiro atoms. The third kappa shape index (κ3) is 2.75. The zero-order valence-electron chi connectivity index (χ0n) is 12.2. The van der Waals surface area contributed by atoms with Gasteiger partial charge in [-0.2, -0.15) is 0 Å². The number of methoxy groups -OCH3 is 2. The maximum atomic E-state index is 6.67. The summed E-state index contributed by atoms with van der Waals surface area (Å²) in [6.07, 6.45) is 0. The topological polar surface area (TPSA) is 18.5 Å². The first kappa shape index (κ1) is 14.7. The van der Waals surface area contributed by atoms with Crippen LogP contribution in [0, 0.1) is 13.8 Å². The highest BCUT2D eigenvalue weighted by Gasteiger charge is 2.17. The summed E-state index contributed by atoms with van der Waals surface area (Å²) < 4.78 is 10.6. The van der Waals surface area contributed by atoms with Gasteiger partial charge in [0.15, 0.2) is 11.5 Å². The molecule has 20 heavy (non-hydrogen) atoms. The molecule has 0 aromatic heterocycles. The maximum absolute atomic E-state index is 6.67. The van der Waals surface area contributed by atoms with Crippen LogP contribution in [-0.4, -0.2) is 14.2 Å². The minimum atomic E-state index is -0.198. The molecule has 0 fully saturated rings. The van der Waals surface area contributed by atoms with Crippen molar-refractivity contribution < 1.29 is 9.47 Å². The summed E-state index contributed by atoms with van der Waals surface area (Å²) >= 11 is 6.67. The largest absolute Gasteiger partial charge is 0.493 e. The van der Waals surface area contributed by atoms with E-state index in [4.69, 9.17) is 21.1 Å². The fourth-order valence-electron chi connectivity index (χ4n) is 2.40. The lowest BCUT2D eigenvalue weighted by molar-refractivity contribution is 0.354. The number of alkyl halides is 1. The highest BCUT2D eigenvalue weighted by atomic mass is 35.5. The Morgan fingerprint density at radius 2 is 1.50 bits per heavy atom. The highest BCUT2D eigenvalue weighted by Crippen LogP contribution is 2.37. The van der Waals surface area contributed by atoms with Gasteiger partial charge in [-0.3, -0.25) is 0 Å². The maximum Gasteiger partial charge on any atom is 0.161 e. The number of hydrogen-bond acceptors (Lipinski definition) is 2. The summed E-state index contributed by atoms with van der Waals surface area (Å²) in [5, 5.41) is -0.198. The second-order valence-electron chi connectivity index (χ2n) is 4.78. The van der Waals surface area contributed by atoms with Gasteiger partial charge in [0.25, 0.3) is 0 Å². The number of rotatable bonds is 4. The van der Waals surface area contributed by atoms with Crippen LogP contribution in [0.4, 0.5) is 0 Å². The molecular weight excluding hydrogens is 272 g/mol. The van der Waals surface area contributed by atoms with Crippen molar-refractivity contribution >= 4 is 11.6 Å². The van der Waals surface area contributed by atoms with Gasteiger partial charge in [0.1, 0.15) is 0 Å². The van der Waals surface area contributed by atoms with E-state index >= 15 is 0 Å². The lowest BCUT2D eigenvalue weighted by atomic mass is 9.95. The highest BCUT2D eigenvalue weighted by molar-refractivity contribution is 6.22. The standard InChI is InChI=1S/C17H19ClO2/c1-11-6-5-7-12(2)16(11)17(18)13-8-9-14(19-3)15(10-13)20-4/h5-10,17H,1-4H3. The van der Waals surface area contributed by atoms with Crippen molar-refractivity contribution in [1.29, 1.82) is 0 Å². The third-order valence-corrected chi connectivity index (χ3v) is 3.97. The smallest absolute Gasteiger partial charge is 0.161 e. The molecule has 106 valence electrons. The van der Waals surface area contributed by atoms with Crippen LogP contribution in [0.1, 0.15) is 27.6 Å². The molecular formula is C17H19ClO2. The number of ether oxygens (including phenoxy) is 2. The van der Waals surface area contributed by atoms with E-state index in [1.165, 1.54) is 11.1 Å². The van der Waals surface area contributed by atoms with Crippen molar-refractivity contribution in [2.75, 3.05) is 14.2 Å². The third-order valence-electron chi connectivity index (χ3n) is 3.50. The summed E-state index contributed by atoms with van der Waals surface area (Å²) in [4.78, 5) is 0. The second kappa shape index (κ2) is 6.19. The fourth-order valence-corrected chi connectivity index (χ4v) is 2.88. The van der Waals surface area contributed by atoms with Crippen LogP contribution < -0.4 is 9.47 Å². The second-order valence-corrected chi connectivity index (χ2v) is 5.22. The Morgan fingerprint density at radius 3 is 2.05 bits per heavy atom. The summed E-state index contributed by atoms with van der Waals surface area (Å²) in [5.41, 5.74) is 4.54. The first-order valence-corrected chi connectivity index (χ1v) is 6.94. The van der Waals surface area contributed by atoms with Crippen LogP contribution in [0.25, 0.3) is 0 Å². The Balaban J connectivity index is 2.46. The number of hydrogen-bond donors (Lipinski definition) is 0. The summed E-state index contributed by atoms with van der Waals surface area (Å²) in [6, 6.07) is 12.0. The lowest BCUT2D eigenvalue weighted by Crippen LogP contribution is -2.00. The van der Waals surface area contributed by atoms with E-state index in [2.05, 4.69) is 26.0 Å². The monoisotopic (exact) mass is 290 g/mol. The van der Waals surface area contributed by atoms with Gasteiger partial charge in [-0.05, 0) is 48.2 Å². The van der Waals surface area contributed by atoms with Crippen molar-refractivity contribution in [3.05, 3.63) is 58.7 Å². The van der Waals surface area contributed by atoms with Crippen molar-refractivity contribution in [3.8, 4) is 11.5 Å². The molecule has 0 aliphatic carbocycles. The molecule has 2 rings (SSSR count). The number of halogens is 1. The summed E-state index contributed by atoms with van der Waals surface area (Å²) in [7, 11) is 3.26. The predicted molar refractivity (Wildman–Crippen MR) is 83.2 cm³/mol. The zero-order valence-corrected chi connectivity index (χ0v) is 13.0. The summed E-state index contributed by atoms with van der Waals surface area (Å²) in [6.45, 7) is 4.16. The quantitative estimate of drug-likeness (QED) is 0.763. The Bertz CT molecular complexity index is 588. The molecule has 0 aliphatic heterocycles. The molecule has 2 aromatic rings. The van der Waals surface area contributed by atoms with Gasteiger partial charge in [-0.1, -0.05) is 24.3 Å². The summed E-state index contributed by atoms with van der Waals surface area (Å²) in [5.74, 6) is 1.41. The van der Waals surface area contributed by atoms with Gasteiger partial charge in [0.2, 0.25) is 0 Å². The minimum Gasteiger partial charge on any atom is -0.493 e. The first-order chi connectivity index (χ1) is 9.58. The fraction of sp³-hybridized carbons (Fsp3) is 0.294. The number of benzene rings is 2. The van der Waals surface area contributed by atoms with Crippen molar-refractivity contribution in [3.63, 3.8) is 0 Å². The van der Waals surface area contributed by atoms with Gasteiger partial charge in [-0.25, -0.2) is 0 Å². The average molecular weight is 291 g/mol.